The van der Waals surface area contributed by atoms with Gasteiger partial charge in [-0.15, -0.1) is 0 Å². The summed E-state index contributed by atoms with van der Waals surface area (Å²) in [5, 5.41) is 0. The third kappa shape index (κ3) is 3.54. The number of ether oxygens (including phenoxy) is 1. The van der Waals surface area contributed by atoms with E-state index in [1.807, 2.05) is 30.2 Å². The predicted molar refractivity (Wildman–Crippen MR) is 110 cm³/mol. The van der Waals surface area contributed by atoms with Crippen LogP contribution in [0.1, 0.15) is 35.5 Å². The molecule has 0 spiro atoms. The molecule has 3 aliphatic heterocycles. The summed E-state index contributed by atoms with van der Waals surface area (Å²) in [5.41, 5.74) is 2.73. The highest BCUT2D eigenvalue weighted by Crippen LogP contribution is 2.42. The van der Waals surface area contributed by atoms with Crippen molar-refractivity contribution in [2.45, 2.75) is 31.8 Å². The number of piperidine rings is 1. The van der Waals surface area contributed by atoms with Crippen molar-refractivity contribution in [1.82, 2.24) is 24.3 Å². The molecule has 2 fully saturated rings. The van der Waals surface area contributed by atoms with E-state index in [2.05, 4.69) is 14.9 Å². The van der Waals surface area contributed by atoms with Crippen LogP contribution in [0, 0.1) is 12.8 Å². The summed E-state index contributed by atoms with van der Waals surface area (Å²) in [7, 11) is 0. The van der Waals surface area contributed by atoms with Gasteiger partial charge in [-0.25, -0.2) is 0 Å². The lowest BCUT2D eigenvalue weighted by molar-refractivity contribution is -0.142. The first-order chi connectivity index (χ1) is 14.6. The summed E-state index contributed by atoms with van der Waals surface area (Å²) in [6, 6.07) is 4.95. The van der Waals surface area contributed by atoms with Crippen LogP contribution in [-0.4, -0.2) is 69.6 Å². The Morgan fingerprint density at radius 2 is 2.00 bits per heavy atom. The van der Waals surface area contributed by atoms with Gasteiger partial charge in [-0.3, -0.25) is 29.0 Å². The SMILES string of the molecule is Cc1cnc(CN2C[C@H]3C[C@@H](C2)[C@H](C(=O)N2CCOCC2)n2c3cccc2=O)cn1. The van der Waals surface area contributed by atoms with Gasteiger partial charge < -0.3 is 9.64 Å². The summed E-state index contributed by atoms with van der Waals surface area (Å²) in [6.45, 7) is 6.55. The summed E-state index contributed by atoms with van der Waals surface area (Å²) in [4.78, 5) is 39.5. The molecule has 8 nitrogen and oxygen atoms in total. The van der Waals surface area contributed by atoms with E-state index in [0.29, 0.717) is 32.8 Å². The van der Waals surface area contributed by atoms with Crippen molar-refractivity contribution in [2.24, 2.45) is 5.92 Å². The molecular weight excluding hydrogens is 382 g/mol. The van der Waals surface area contributed by atoms with Crippen molar-refractivity contribution in [3.8, 4) is 0 Å². The van der Waals surface area contributed by atoms with Crippen molar-refractivity contribution >= 4 is 5.91 Å². The minimum atomic E-state index is -0.449. The molecule has 0 N–H and O–H groups in total. The normalized spacial score (nSPS) is 26.3. The fourth-order valence-corrected chi connectivity index (χ4v) is 5.18. The van der Waals surface area contributed by atoms with Crippen molar-refractivity contribution in [3.05, 3.63) is 58.0 Å². The molecule has 2 aromatic rings. The van der Waals surface area contributed by atoms with Gasteiger partial charge in [-0.1, -0.05) is 6.07 Å². The molecule has 0 unspecified atom stereocenters. The van der Waals surface area contributed by atoms with Crippen molar-refractivity contribution < 1.29 is 9.53 Å². The number of pyridine rings is 1. The first kappa shape index (κ1) is 19.4. The van der Waals surface area contributed by atoms with Crippen molar-refractivity contribution in [1.29, 1.82) is 0 Å². The van der Waals surface area contributed by atoms with Gasteiger partial charge >= 0.3 is 0 Å². The zero-order valence-corrected chi connectivity index (χ0v) is 17.2. The maximum Gasteiger partial charge on any atom is 0.251 e. The zero-order chi connectivity index (χ0) is 20.7. The summed E-state index contributed by atoms with van der Waals surface area (Å²) in [6.07, 6.45) is 4.55. The van der Waals surface area contributed by atoms with Gasteiger partial charge in [0.15, 0.2) is 0 Å². The molecule has 0 aromatic carbocycles. The number of hydrogen-bond donors (Lipinski definition) is 0. The molecule has 0 radical (unpaired) electrons. The van der Waals surface area contributed by atoms with E-state index in [-0.39, 0.29) is 23.3 Å². The fraction of sp³-hybridized carbons (Fsp3) is 0.545. The third-order valence-electron chi connectivity index (χ3n) is 6.52. The minimum absolute atomic E-state index is 0.0493. The number of aromatic nitrogens is 3. The Kier molecular flexibility index (Phi) is 5.12. The van der Waals surface area contributed by atoms with Crippen LogP contribution in [-0.2, 0) is 16.1 Å². The average molecular weight is 409 g/mol. The van der Waals surface area contributed by atoms with Crippen LogP contribution in [0.3, 0.4) is 0 Å². The smallest absolute Gasteiger partial charge is 0.251 e. The molecule has 5 rings (SSSR count). The number of carbonyl (C=O) groups is 1. The van der Waals surface area contributed by atoms with Gasteiger partial charge in [0.05, 0.1) is 24.6 Å². The van der Waals surface area contributed by atoms with Gasteiger partial charge in [0, 0.05) is 68.7 Å². The number of nitrogens with zero attached hydrogens (tertiary/aromatic N) is 5. The monoisotopic (exact) mass is 409 g/mol. The predicted octanol–water partition coefficient (Wildman–Crippen LogP) is 0.966. The molecule has 2 aromatic heterocycles. The molecule has 3 aliphatic rings. The molecule has 158 valence electrons. The maximum atomic E-state index is 13.5. The summed E-state index contributed by atoms with van der Waals surface area (Å²) < 4.78 is 7.20. The van der Waals surface area contributed by atoms with E-state index in [1.165, 1.54) is 0 Å². The van der Waals surface area contributed by atoms with Gasteiger partial charge in [0.25, 0.3) is 5.56 Å². The Morgan fingerprint density at radius 3 is 2.77 bits per heavy atom. The van der Waals surface area contributed by atoms with E-state index in [4.69, 9.17) is 4.74 Å². The quantitative estimate of drug-likeness (QED) is 0.752. The lowest BCUT2D eigenvalue weighted by Crippen LogP contribution is -2.55. The van der Waals surface area contributed by atoms with Crippen LogP contribution >= 0.6 is 0 Å². The van der Waals surface area contributed by atoms with E-state index in [9.17, 15) is 9.59 Å². The highest BCUT2D eigenvalue weighted by atomic mass is 16.5. The largest absolute Gasteiger partial charge is 0.378 e. The highest BCUT2D eigenvalue weighted by Gasteiger charge is 2.45. The van der Waals surface area contributed by atoms with Gasteiger partial charge in [0.2, 0.25) is 5.91 Å². The van der Waals surface area contributed by atoms with Crippen LogP contribution in [0.15, 0.2) is 35.4 Å². The first-order valence-corrected chi connectivity index (χ1v) is 10.7. The fourth-order valence-electron chi connectivity index (χ4n) is 5.18. The summed E-state index contributed by atoms with van der Waals surface area (Å²) >= 11 is 0. The number of morpholine rings is 1. The minimum Gasteiger partial charge on any atom is -0.378 e. The van der Waals surface area contributed by atoms with Gasteiger partial charge in [-0.2, -0.15) is 0 Å². The Labute approximate surface area is 175 Å². The number of hydrogen-bond acceptors (Lipinski definition) is 6. The highest BCUT2D eigenvalue weighted by molar-refractivity contribution is 5.81. The second-order valence-electron chi connectivity index (χ2n) is 8.58. The Bertz CT molecular complexity index is 983. The van der Waals surface area contributed by atoms with Crippen LogP contribution < -0.4 is 5.56 Å². The number of rotatable bonds is 3. The number of carbonyl (C=O) groups excluding carboxylic acids is 1. The lowest BCUT2D eigenvalue weighted by Gasteiger charge is -2.47. The second kappa shape index (κ2) is 7.92. The summed E-state index contributed by atoms with van der Waals surface area (Å²) in [5.74, 6) is 0.392. The van der Waals surface area contributed by atoms with E-state index >= 15 is 0 Å². The Morgan fingerprint density at radius 1 is 1.17 bits per heavy atom. The second-order valence-corrected chi connectivity index (χ2v) is 8.58. The number of fused-ring (bicyclic) bond motifs is 4. The molecule has 30 heavy (non-hydrogen) atoms. The molecule has 2 bridgehead atoms. The van der Waals surface area contributed by atoms with Crippen LogP contribution in [0.4, 0.5) is 0 Å². The van der Waals surface area contributed by atoms with Gasteiger partial charge in [-0.05, 0) is 19.4 Å². The molecule has 8 heteroatoms. The van der Waals surface area contributed by atoms with Crippen molar-refractivity contribution in [3.63, 3.8) is 0 Å². The van der Waals surface area contributed by atoms with E-state index < -0.39 is 6.04 Å². The topological polar surface area (TPSA) is 80.6 Å². The molecule has 2 saturated heterocycles. The van der Waals surface area contributed by atoms with Crippen LogP contribution in [0.25, 0.3) is 0 Å². The molecule has 0 saturated carbocycles. The Hall–Kier alpha value is -2.58. The Balaban J connectivity index is 1.46. The molecule has 3 atom stereocenters. The lowest BCUT2D eigenvalue weighted by atomic mass is 9.78. The van der Waals surface area contributed by atoms with Crippen LogP contribution in [0.5, 0.6) is 0 Å². The standard InChI is InChI=1S/C22H27N5O3/c1-15-10-24-18(11-23-15)14-25-12-16-9-17(13-25)21(22(29)26-5-7-30-8-6-26)27-19(16)3-2-4-20(27)28/h2-4,10-11,16-17,21H,5-9,12-14H2,1H3/t16-,17+,21-/m1/s1. The first-order valence-electron chi connectivity index (χ1n) is 10.7. The van der Waals surface area contributed by atoms with Crippen molar-refractivity contribution in [2.75, 3.05) is 39.4 Å². The molecule has 5 heterocycles. The zero-order valence-electron chi connectivity index (χ0n) is 17.2. The number of aryl methyl sites for hydroxylation is 1. The molecule has 0 aliphatic carbocycles. The number of likely N-dealkylation sites (tertiary alicyclic amines) is 1. The van der Waals surface area contributed by atoms with E-state index in [1.54, 1.807) is 16.8 Å². The molecule has 1 amide bonds. The maximum absolute atomic E-state index is 13.5. The molecular formula is C22H27N5O3. The van der Waals surface area contributed by atoms with Gasteiger partial charge in [0.1, 0.15) is 6.04 Å². The van der Waals surface area contributed by atoms with E-state index in [0.717, 1.165) is 36.6 Å². The third-order valence-corrected chi connectivity index (χ3v) is 6.52. The van der Waals surface area contributed by atoms with Crippen LogP contribution in [0.2, 0.25) is 0 Å². The average Bonchev–Trinajstić information content (AvgIpc) is 2.76. The number of amides is 1.